The Morgan fingerprint density at radius 3 is 2.32 bits per heavy atom. The fraction of sp³-hybridized carbons (Fsp3) is 0.158. The standard InChI is InChI=1S/C19H17NO4S/c1-12-9-16(14-5-8-17-18(10-14)24-11-23-17)19(20-12)13-3-6-15(7-4-13)25(2,21)22/h3-10,20H,11H2,1-2H3. The van der Waals surface area contributed by atoms with E-state index in [1.54, 1.807) is 12.1 Å². The van der Waals surface area contributed by atoms with E-state index in [2.05, 4.69) is 11.1 Å². The summed E-state index contributed by atoms with van der Waals surface area (Å²) in [5.74, 6) is 1.48. The molecule has 1 aliphatic heterocycles. The molecule has 4 rings (SSSR count). The third kappa shape index (κ3) is 2.89. The normalized spacial score (nSPS) is 13.2. The molecule has 0 spiro atoms. The number of ether oxygens (including phenoxy) is 2. The van der Waals surface area contributed by atoms with E-state index in [0.29, 0.717) is 4.90 Å². The highest BCUT2D eigenvalue weighted by molar-refractivity contribution is 7.90. The minimum atomic E-state index is -3.21. The van der Waals surface area contributed by atoms with E-state index in [9.17, 15) is 8.42 Å². The highest BCUT2D eigenvalue weighted by Crippen LogP contribution is 2.39. The molecule has 0 atom stereocenters. The van der Waals surface area contributed by atoms with Gasteiger partial charge in [0, 0.05) is 17.5 Å². The third-order valence-corrected chi connectivity index (χ3v) is 5.34. The van der Waals surface area contributed by atoms with E-state index in [1.807, 2.05) is 37.3 Å². The summed E-state index contributed by atoms with van der Waals surface area (Å²) in [4.78, 5) is 3.67. The van der Waals surface area contributed by atoms with Gasteiger partial charge in [-0.3, -0.25) is 0 Å². The Hall–Kier alpha value is -2.73. The molecule has 1 aliphatic rings. The summed E-state index contributed by atoms with van der Waals surface area (Å²) in [7, 11) is -3.21. The lowest BCUT2D eigenvalue weighted by Gasteiger charge is -2.07. The molecule has 1 aromatic heterocycles. The molecule has 0 unspecified atom stereocenters. The van der Waals surface area contributed by atoms with E-state index in [4.69, 9.17) is 9.47 Å². The van der Waals surface area contributed by atoms with Crippen LogP contribution in [0.3, 0.4) is 0 Å². The van der Waals surface area contributed by atoms with Crippen molar-refractivity contribution in [3.63, 3.8) is 0 Å². The zero-order chi connectivity index (χ0) is 17.6. The molecule has 2 heterocycles. The summed E-state index contributed by atoms with van der Waals surface area (Å²) in [6.45, 7) is 2.23. The van der Waals surface area contributed by atoms with Crippen molar-refractivity contribution in [2.75, 3.05) is 13.0 Å². The quantitative estimate of drug-likeness (QED) is 0.776. The fourth-order valence-corrected chi connectivity index (χ4v) is 3.61. The van der Waals surface area contributed by atoms with E-state index in [-0.39, 0.29) is 6.79 Å². The first-order valence-electron chi connectivity index (χ1n) is 7.82. The van der Waals surface area contributed by atoms with Crippen LogP contribution in [0.5, 0.6) is 11.5 Å². The molecule has 128 valence electrons. The van der Waals surface area contributed by atoms with Crippen molar-refractivity contribution in [3.05, 3.63) is 54.2 Å². The smallest absolute Gasteiger partial charge is 0.231 e. The molecule has 0 saturated heterocycles. The van der Waals surface area contributed by atoms with Crippen molar-refractivity contribution in [2.24, 2.45) is 0 Å². The minimum Gasteiger partial charge on any atom is -0.454 e. The molecule has 0 saturated carbocycles. The zero-order valence-electron chi connectivity index (χ0n) is 13.9. The summed E-state index contributed by atoms with van der Waals surface area (Å²) < 4.78 is 34.1. The first-order valence-corrected chi connectivity index (χ1v) is 9.71. The minimum absolute atomic E-state index is 0.241. The molecular weight excluding hydrogens is 338 g/mol. The van der Waals surface area contributed by atoms with Gasteiger partial charge in [0.25, 0.3) is 0 Å². The van der Waals surface area contributed by atoms with E-state index in [1.165, 1.54) is 6.26 Å². The molecule has 1 N–H and O–H groups in total. The number of hydrogen-bond acceptors (Lipinski definition) is 4. The van der Waals surface area contributed by atoms with Gasteiger partial charge in [0.1, 0.15) is 0 Å². The molecule has 0 bridgehead atoms. The third-order valence-electron chi connectivity index (χ3n) is 4.21. The predicted molar refractivity (Wildman–Crippen MR) is 95.6 cm³/mol. The Balaban J connectivity index is 1.79. The zero-order valence-corrected chi connectivity index (χ0v) is 14.7. The second-order valence-electron chi connectivity index (χ2n) is 6.11. The maximum Gasteiger partial charge on any atom is 0.231 e. The van der Waals surface area contributed by atoms with Crippen molar-refractivity contribution >= 4 is 9.84 Å². The predicted octanol–water partition coefficient (Wildman–Crippen LogP) is 3.79. The van der Waals surface area contributed by atoms with Crippen LogP contribution in [0, 0.1) is 6.92 Å². The van der Waals surface area contributed by atoms with Gasteiger partial charge in [0.05, 0.1) is 10.6 Å². The number of aromatic nitrogens is 1. The molecule has 25 heavy (non-hydrogen) atoms. The number of benzene rings is 2. The summed E-state index contributed by atoms with van der Waals surface area (Å²) in [6.07, 6.45) is 1.21. The maximum atomic E-state index is 11.6. The van der Waals surface area contributed by atoms with Crippen LogP contribution >= 0.6 is 0 Å². The molecule has 2 aromatic carbocycles. The molecule has 0 radical (unpaired) electrons. The van der Waals surface area contributed by atoms with Gasteiger partial charge in [-0.2, -0.15) is 0 Å². The van der Waals surface area contributed by atoms with Gasteiger partial charge in [0.15, 0.2) is 21.3 Å². The molecule has 6 heteroatoms. The van der Waals surface area contributed by atoms with E-state index < -0.39 is 9.84 Å². The van der Waals surface area contributed by atoms with Crippen LogP contribution in [-0.4, -0.2) is 26.5 Å². The van der Waals surface area contributed by atoms with Crippen molar-refractivity contribution < 1.29 is 17.9 Å². The Labute approximate surface area is 146 Å². The Morgan fingerprint density at radius 2 is 1.60 bits per heavy atom. The lowest BCUT2D eigenvalue weighted by molar-refractivity contribution is 0.174. The van der Waals surface area contributed by atoms with Crippen LogP contribution in [0.2, 0.25) is 0 Å². The summed E-state index contributed by atoms with van der Waals surface area (Å²) >= 11 is 0. The van der Waals surface area contributed by atoms with Gasteiger partial charge < -0.3 is 14.5 Å². The number of nitrogens with one attached hydrogen (secondary N) is 1. The van der Waals surface area contributed by atoms with Crippen molar-refractivity contribution in [3.8, 4) is 33.9 Å². The SMILES string of the molecule is Cc1cc(-c2ccc3c(c2)OCO3)c(-c2ccc(S(C)(=O)=O)cc2)[nH]1. The molecule has 3 aromatic rings. The highest BCUT2D eigenvalue weighted by Gasteiger charge is 2.17. The van der Waals surface area contributed by atoms with Crippen LogP contribution in [0.1, 0.15) is 5.69 Å². The van der Waals surface area contributed by atoms with E-state index in [0.717, 1.165) is 39.6 Å². The van der Waals surface area contributed by atoms with Gasteiger partial charge in [0.2, 0.25) is 6.79 Å². The van der Waals surface area contributed by atoms with Crippen LogP contribution in [0.15, 0.2) is 53.4 Å². The number of H-pyrrole nitrogens is 1. The summed E-state index contributed by atoms with van der Waals surface area (Å²) in [5.41, 5.74) is 4.93. The van der Waals surface area contributed by atoms with Gasteiger partial charge >= 0.3 is 0 Å². The Morgan fingerprint density at radius 1 is 0.920 bits per heavy atom. The van der Waals surface area contributed by atoms with Gasteiger partial charge in [-0.05, 0) is 48.4 Å². The maximum absolute atomic E-state index is 11.6. The topological polar surface area (TPSA) is 68.4 Å². The first-order chi connectivity index (χ1) is 11.9. The number of aromatic amines is 1. The number of hydrogen-bond donors (Lipinski definition) is 1. The van der Waals surface area contributed by atoms with Crippen molar-refractivity contribution in [1.82, 2.24) is 4.98 Å². The number of rotatable bonds is 3. The number of fused-ring (bicyclic) bond motifs is 1. The second kappa shape index (κ2) is 5.67. The van der Waals surface area contributed by atoms with Gasteiger partial charge in [-0.25, -0.2) is 8.42 Å². The highest BCUT2D eigenvalue weighted by atomic mass is 32.2. The molecule has 5 nitrogen and oxygen atoms in total. The largest absolute Gasteiger partial charge is 0.454 e. The molecule has 0 fully saturated rings. The molecular formula is C19H17NO4S. The Bertz CT molecular complexity index is 1050. The second-order valence-corrected chi connectivity index (χ2v) is 8.12. The monoisotopic (exact) mass is 355 g/mol. The fourth-order valence-electron chi connectivity index (χ4n) is 2.98. The van der Waals surface area contributed by atoms with Crippen LogP contribution in [-0.2, 0) is 9.84 Å². The molecule has 0 amide bonds. The van der Waals surface area contributed by atoms with Crippen LogP contribution in [0.4, 0.5) is 0 Å². The lowest BCUT2D eigenvalue weighted by atomic mass is 10.0. The average Bonchev–Trinajstić information content (AvgIpc) is 3.19. The van der Waals surface area contributed by atoms with Crippen LogP contribution < -0.4 is 9.47 Å². The summed E-state index contributed by atoms with van der Waals surface area (Å²) in [5, 5.41) is 0. The molecule has 0 aliphatic carbocycles. The number of sulfone groups is 1. The first kappa shape index (κ1) is 15.8. The average molecular weight is 355 g/mol. The number of aryl methyl sites for hydroxylation is 1. The van der Waals surface area contributed by atoms with Crippen LogP contribution in [0.25, 0.3) is 22.4 Å². The van der Waals surface area contributed by atoms with Gasteiger partial charge in [-0.1, -0.05) is 18.2 Å². The van der Waals surface area contributed by atoms with Crippen molar-refractivity contribution in [2.45, 2.75) is 11.8 Å². The van der Waals surface area contributed by atoms with Gasteiger partial charge in [-0.15, -0.1) is 0 Å². The Kier molecular flexibility index (Phi) is 3.58. The summed E-state index contributed by atoms with van der Waals surface area (Å²) in [6, 6.07) is 14.8. The lowest BCUT2D eigenvalue weighted by Crippen LogP contribution is -1.96. The van der Waals surface area contributed by atoms with E-state index >= 15 is 0 Å². The van der Waals surface area contributed by atoms with Crippen molar-refractivity contribution in [1.29, 1.82) is 0 Å².